The number of benzene rings is 1. The first-order valence-electron chi connectivity index (χ1n) is 6.19. The van der Waals surface area contributed by atoms with Crippen molar-refractivity contribution in [2.24, 2.45) is 5.92 Å². The van der Waals surface area contributed by atoms with Gasteiger partial charge in [0.15, 0.2) is 0 Å². The highest BCUT2D eigenvalue weighted by atomic mass is 16.4. The van der Waals surface area contributed by atoms with Crippen LogP contribution in [-0.2, 0) is 4.79 Å². The molecule has 3 N–H and O–H groups in total. The van der Waals surface area contributed by atoms with Crippen LogP contribution in [0.25, 0.3) is 11.3 Å². The number of hydrogen-bond donors (Lipinski definition) is 3. The summed E-state index contributed by atoms with van der Waals surface area (Å²) in [6.45, 7) is 1.61. The first kappa shape index (κ1) is 13.8. The zero-order valence-electron chi connectivity index (χ0n) is 11.0. The van der Waals surface area contributed by atoms with Gasteiger partial charge in [-0.1, -0.05) is 37.3 Å². The number of carboxylic acids is 1. The SMILES string of the molecule is CC(CNC(=O)c1cc(-c2ccccc2)n[nH]1)C(=O)O. The van der Waals surface area contributed by atoms with Gasteiger partial charge in [0.1, 0.15) is 5.69 Å². The molecule has 1 amide bonds. The van der Waals surface area contributed by atoms with Gasteiger partial charge >= 0.3 is 5.97 Å². The summed E-state index contributed by atoms with van der Waals surface area (Å²) in [6, 6.07) is 11.1. The molecule has 0 saturated heterocycles. The normalized spacial score (nSPS) is 11.8. The van der Waals surface area contributed by atoms with Crippen molar-refractivity contribution in [1.29, 1.82) is 0 Å². The predicted molar refractivity (Wildman–Crippen MR) is 73.2 cm³/mol. The number of carbonyl (C=O) groups is 2. The molecule has 0 aliphatic carbocycles. The number of carbonyl (C=O) groups excluding carboxylic acids is 1. The summed E-state index contributed by atoms with van der Waals surface area (Å²) < 4.78 is 0. The Bertz CT molecular complexity index is 607. The van der Waals surface area contributed by atoms with Gasteiger partial charge in [-0.05, 0) is 6.07 Å². The van der Waals surface area contributed by atoms with E-state index in [4.69, 9.17) is 5.11 Å². The number of carboxylic acid groups (broad SMARTS) is 1. The minimum Gasteiger partial charge on any atom is -0.481 e. The highest BCUT2D eigenvalue weighted by molar-refractivity contribution is 5.93. The lowest BCUT2D eigenvalue weighted by Crippen LogP contribution is -2.31. The monoisotopic (exact) mass is 273 g/mol. The lowest BCUT2D eigenvalue weighted by Gasteiger charge is -2.06. The zero-order valence-corrected chi connectivity index (χ0v) is 11.0. The maximum Gasteiger partial charge on any atom is 0.308 e. The Kier molecular flexibility index (Phi) is 4.14. The average molecular weight is 273 g/mol. The van der Waals surface area contributed by atoms with Crippen molar-refractivity contribution >= 4 is 11.9 Å². The van der Waals surface area contributed by atoms with Gasteiger partial charge in [0.25, 0.3) is 5.91 Å². The molecule has 1 heterocycles. The Labute approximate surface area is 115 Å². The molecule has 1 unspecified atom stereocenters. The summed E-state index contributed by atoms with van der Waals surface area (Å²) in [4.78, 5) is 22.5. The molecule has 6 heteroatoms. The van der Waals surface area contributed by atoms with E-state index in [1.54, 1.807) is 6.07 Å². The van der Waals surface area contributed by atoms with Crippen LogP contribution in [0.5, 0.6) is 0 Å². The standard InChI is InChI=1S/C14H15N3O3/c1-9(14(19)20)8-15-13(18)12-7-11(16-17-12)10-5-3-2-4-6-10/h2-7,9H,8H2,1H3,(H,15,18)(H,16,17)(H,19,20). The van der Waals surface area contributed by atoms with E-state index in [1.165, 1.54) is 6.92 Å². The van der Waals surface area contributed by atoms with E-state index in [0.717, 1.165) is 5.56 Å². The molecule has 0 spiro atoms. The Morgan fingerprint density at radius 2 is 2.05 bits per heavy atom. The Hall–Kier alpha value is -2.63. The average Bonchev–Trinajstić information content (AvgIpc) is 2.95. The van der Waals surface area contributed by atoms with Crippen molar-refractivity contribution in [3.63, 3.8) is 0 Å². The van der Waals surface area contributed by atoms with Crippen molar-refractivity contribution in [2.45, 2.75) is 6.92 Å². The first-order chi connectivity index (χ1) is 9.58. The van der Waals surface area contributed by atoms with Gasteiger partial charge in [-0.25, -0.2) is 0 Å². The number of rotatable bonds is 5. The number of aromatic amines is 1. The molecule has 2 aromatic rings. The Balaban J connectivity index is 2.02. The van der Waals surface area contributed by atoms with Crippen molar-refractivity contribution in [3.8, 4) is 11.3 Å². The Morgan fingerprint density at radius 3 is 2.70 bits per heavy atom. The second-order valence-corrected chi connectivity index (χ2v) is 4.48. The van der Waals surface area contributed by atoms with E-state index in [9.17, 15) is 9.59 Å². The van der Waals surface area contributed by atoms with Crippen LogP contribution >= 0.6 is 0 Å². The molecule has 0 aliphatic rings. The number of aliphatic carboxylic acids is 1. The fourth-order valence-electron chi connectivity index (χ4n) is 1.62. The van der Waals surface area contributed by atoms with Crippen molar-refractivity contribution in [1.82, 2.24) is 15.5 Å². The molecule has 0 bridgehead atoms. The van der Waals surface area contributed by atoms with Crippen LogP contribution in [0.4, 0.5) is 0 Å². The van der Waals surface area contributed by atoms with E-state index in [0.29, 0.717) is 11.4 Å². The van der Waals surface area contributed by atoms with Crippen LogP contribution in [0.2, 0.25) is 0 Å². The molecule has 0 fully saturated rings. The molecular formula is C14H15N3O3. The minimum absolute atomic E-state index is 0.0772. The van der Waals surface area contributed by atoms with Gasteiger partial charge in [-0.3, -0.25) is 14.7 Å². The largest absolute Gasteiger partial charge is 0.481 e. The summed E-state index contributed by atoms with van der Waals surface area (Å²) in [6.07, 6.45) is 0. The number of nitrogens with one attached hydrogen (secondary N) is 2. The number of hydrogen-bond acceptors (Lipinski definition) is 3. The lowest BCUT2D eigenvalue weighted by atomic mass is 10.1. The van der Waals surface area contributed by atoms with E-state index in [1.807, 2.05) is 30.3 Å². The van der Waals surface area contributed by atoms with Gasteiger partial charge in [-0.15, -0.1) is 0 Å². The molecule has 0 radical (unpaired) electrons. The molecule has 2 rings (SSSR count). The number of amides is 1. The third-order valence-corrected chi connectivity index (χ3v) is 2.88. The zero-order chi connectivity index (χ0) is 14.5. The van der Waals surface area contributed by atoms with Gasteiger partial charge in [0, 0.05) is 12.1 Å². The van der Waals surface area contributed by atoms with Crippen LogP contribution in [-0.4, -0.2) is 33.7 Å². The van der Waals surface area contributed by atoms with E-state index in [-0.39, 0.29) is 12.5 Å². The topological polar surface area (TPSA) is 95.1 Å². The second-order valence-electron chi connectivity index (χ2n) is 4.48. The number of aromatic nitrogens is 2. The van der Waals surface area contributed by atoms with E-state index in [2.05, 4.69) is 15.5 Å². The molecule has 1 aromatic heterocycles. The van der Waals surface area contributed by atoms with Crippen LogP contribution in [0, 0.1) is 5.92 Å². The second kappa shape index (κ2) is 6.01. The fraction of sp³-hybridized carbons (Fsp3) is 0.214. The minimum atomic E-state index is -0.945. The molecule has 0 saturated carbocycles. The van der Waals surface area contributed by atoms with Crippen molar-refractivity contribution in [3.05, 3.63) is 42.1 Å². The van der Waals surface area contributed by atoms with E-state index >= 15 is 0 Å². The third-order valence-electron chi connectivity index (χ3n) is 2.88. The first-order valence-corrected chi connectivity index (χ1v) is 6.19. The summed E-state index contributed by atoms with van der Waals surface area (Å²) in [5.74, 6) is -1.94. The summed E-state index contributed by atoms with van der Waals surface area (Å²) >= 11 is 0. The van der Waals surface area contributed by atoms with Crippen molar-refractivity contribution < 1.29 is 14.7 Å². The molecule has 0 aliphatic heterocycles. The molecule has 104 valence electrons. The van der Waals surface area contributed by atoms with Crippen LogP contribution in [0.1, 0.15) is 17.4 Å². The highest BCUT2D eigenvalue weighted by Gasteiger charge is 2.15. The van der Waals surface area contributed by atoms with Crippen molar-refractivity contribution in [2.75, 3.05) is 6.54 Å². The molecule has 20 heavy (non-hydrogen) atoms. The van der Waals surface area contributed by atoms with Crippen LogP contribution in [0.3, 0.4) is 0 Å². The molecule has 1 aromatic carbocycles. The smallest absolute Gasteiger partial charge is 0.308 e. The molecule has 6 nitrogen and oxygen atoms in total. The maximum absolute atomic E-state index is 11.8. The predicted octanol–water partition coefficient (Wildman–Crippen LogP) is 1.53. The quantitative estimate of drug-likeness (QED) is 0.769. The molecular weight excluding hydrogens is 258 g/mol. The number of nitrogens with zero attached hydrogens (tertiary/aromatic N) is 1. The summed E-state index contributed by atoms with van der Waals surface area (Å²) in [5.41, 5.74) is 1.88. The summed E-state index contributed by atoms with van der Waals surface area (Å²) in [5, 5.41) is 18.0. The fourth-order valence-corrected chi connectivity index (χ4v) is 1.62. The lowest BCUT2D eigenvalue weighted by molar-refractivity contribution is -0.140. The van der Waals surface area contributed by atoms with Gasteiger partial charge in [-0.2, -0.15) is 5.10 Å². The van der Waals surface area contributed by atoms with Gasteiger partial charge in [0.2, 0.25) is 0 Å². The van der Waals surface area contributed by atoms with Crippen LogP contribution < -0.4 is 5.32 Å². The van der Waals surface area contributed by atoms with Gasteiger partial charge < -0.3 is 10.4 Å². The highest BCUT2D eigenvalue weighted by Crippen LogP contribution is 2.16. The van der Waals surface area contributed by atoms with Gasteiger partial charge in [0.05, 0.1) is 11.6 Å². The third kappa shape index (κ3) is 3.23. The summed E-state index contributed by atoms with van der Waals surface area (Å²) in [7, 11) is 0. The maximum atomic E-state index is 11.8. The molecule has 1 atom stereocenters. The number of H-pyrrole nitrogens is 1. The van der Waals surface area contributed by atoms with E-state index < -0.39 is 11.9 Å². The Morgan fingerprint density at radius 1 is 1.35 bits per heavy atom. The van der Waals surface area contributed by atoms with Crippen LogP contribution in [0.15, 0.2) is 36.4 Å².